The molecule has 182 valence electrons. The van der Waals surface area contributed by atoms with Crippen LogP contribution < -0.4 is 21.7 Å². The molecular formula is C20H28N4O8S. The number of nitrogens with one attached hydrogen (secondary N) is 3. The van der Waals surface area contributed by atoms with E-state index in [-0.39, 0.29) is 24.3 Å². The molecule has 0 aliphatic carbocycles. The second-order valence-electron chi connectivity index (χ2n) is 7.28. The Labute approximate surface area is 195 Å². The lowest BCUT2D eigenvalue weighted by molar-refractivity contribution is -0.142. The number of hydrogen-bond acceptors (Lipinski definition) is 8. The van der Waals surface area contributed by atoms with E-state index in [1.54, 1.807) is 0 Å². The molecule has 0 aromatic heterocycles. The lowest BCUT2D eigenvalue weighted by Gasteiger charge is -2.23. The number of thiol groups is 1. The van der Waals surface area contributed by atoms with E-state index in [2.05, 4.69) is 28.6 Å². The molecule has 0 fully saturated rings. The first-order valence-electron chi connectivity index (χ1n) is 9.94. The number of amides is 3. The Morgan fingerprint density at radius 3 is 2.03 bits per heavy atom. The van der Waals surface area contributed by atoms with Gasteiger partial charge < -0.3 is 37.0 Å². The van der Waals surface area contributed by atoms with Gasteiger partial charge in [-0.1, -0.05) is 12.1 Å². The van der Waals surface area contributed by atoms with Crippen molar-refractivity contribution in [1.29, 1.82) is 0 Å². The molecule has 0 aliphatic heterocycles. The Bertz CT molecular complexity index is 864. The summed E-state index contributed by atoms with van der Waals surface area (Å²) in [5, 5.41) is 34.6. The summed E-state index contributed by atoms with van der Waals surface area (Å²) >= 11 is 3.89. The highest BCUT2D eigenvalue weighted by molar-refractivity contribution is 7.80. The Morgan fingerprint density at radius 1 is 0.939 bits per heavy atom. The number of aliphatic carboxylic acids is 2. The van der Waals surface area contributed by atoms with Crippen molar-refractivity contribution in [3.63, 3.8) is 0 Å². The van der Waals surface area contributed by atoms with Gasteiger partial charge in [0.2, 0.25) is 17.7 Å². The molecule has 3 amide bonds. The van der Waals surface area contributed by atoms with Gasteiger partial charge in [-0.15, -0.1) is 0 Å². The molecule has 0 saturated carbocycles. The monoisotopic (exact) mass is 484 g/mol. The summed E-state index contributed by atoms with van der Waals surface area (Å²) < 4.78 is 0. The average Bonchev–Trinajstić information content (AvgIpc) is 2.76. The maximum Gasteiger partial charge on any atom is 0.326 e. The molecule has 1 aromatic carbocycles. The van der Waals surface area contributed by atoms with E-state index in [0.29, 0.717) is 5.56 Å². The zero-order valence-corrected chi connectivity index (χ0v) is 18.7. The maximum atomic E-state index is 12.6. The van der Waals surface area contributed by atoms with Gasteiger partial charge in [0, 0.05) is 18.6 Å². The Morgan fingerprint density at radius 2 is 1.52 bits per heavy atom. The highest BCUT2D eigenvalue weighted by Gasteiger charge is 2.28. The molecule has 1 rings (SSSR count). The molecule has 12 nitrogen and oxygen atoms in total. The third-order valence-electron chi connectivity index (χ3n) is 4.56. The van der Waals surface area contributed by atoms with E-state index in [1.807, 2.05) is 0 Å². The van der Waals surface area contributed by atoms with Gasteiger partial charge in [0.25, 0.3) is 0 Å². The minimum absolute atomic E-state index is 0.00444. The van der Waals surface area contributed by atoms with Gasteiger partial charge in [0.05, 0.1) is 6.04 Å². The number of benzene rings is 1. The summed E-state index contributed by atoms with van der Waals surface area (Å²) in [6.07, 6.45) is -0.747. The number of carboxylic acid groups (broad SMARTS) is 2. The molecule has 8 N–H and O–H groups in total. The van der Waals surface area contributed by atoms with Crippen LogP contribution in [-0.2, 0) is 30.4 Å². The first kappa shape index (κ1) is 27.7. The zero-order valence-electron chi connectivity index (χ0n) is 17.9. The number of phenols is 1. The van der Waals surface area contributed by atoms with Crippen molar-refractivity contribution in [3.05, 3.63) is 29.8 Å². The van der Waals surface area contributed by atoms with Crippen LogP contribution in [-0.4, -0.2) is 74.9 Å². The van der Waals surface area contributed by atoms with E-state index in [0.717, 1.165) is 0 Å². The fourth-order valence-corrected chi connectivity index (χ4v) is 2.81. The van der Waals surface area contributed by atoms with Crippen LogP contribution in [0, 0.1) is 0 Å². The van der Waals surface area contributed by atoms with Crippen molar-refractivity contribution >= 4 is 42.3 Å². The number of carbonyl (C=O) groups excluding carboxylic acids is 3. The van der Waals surface area contributed by atoms with Gasteiger partial charge in [0.15, 0.2) is 0 Å². The molecule has 0 aliphatic rings. The number of hydrogen-bond donors (Lipinski definition) is 8. The van der Waals surface area contributed by atoms with E-state index in [1.165, 1.54) is 31.2 Å². The molecule has 4 unspecified atom stereocenters. The summed E-state index contributed by atoms with van der Waals surface area (Å²) in [4.78, 5) is 59.4. The average molecular weight is 485 g/mol. The Hall–Kier alpha value is -3.32. The fourth-order valence-electron chi connectivity index (χ4n) is 2.64. The van der Waals surface area contributed by atoms with Crippen molar-refractivity contribution in [2.24, 2.45) is 5.73 Å². The van der Waals surface area contributed by atoms with Crippen LogP contribution in [0.5, 0.6) is 5.75 Å². The zero-order chi connectivity index (χ0) is 25.1. The first-order valence-corrected chi connectivity index (χ1v) is 10.6. The molecule has 13 heteroatoms. The van der Waals surface area contributed by atoms with Gasteiger partial charge in [-0.25, -0.2) is 4.79 Å². The third-order valence-corrected chi connectivity index (χ3v) is 4.95. The maximum absolute atomic E-state index is 12.6. The molecule has 33 heavy (non-hydrogen) atoms. The fraction of sp³-hybridized carbons (Fsp3) is 0.450. The van der Waals surface area contributed by atoms with E-state index < -0.39 is 60.2 Å². The molecule has 0 saturated heterocycles. The molecule has 1 aromatic rings. The van der Waals surface area contributed by atoms with E-state index in [9.17, 15) is 34.2 Å². The van der Waals surface area contributed by atoms with Crippen LogP contribution in [0.3, 0.4) is 0 Å². The van der Waals surface area contributed by atoms with Gasteiger partial charge in [0.1, 0.15) is 23.9 Å². The second-order valence-corrected chi connectivity index (χ2v) is 7.65. The van der Waals surface area contributed by atoms with Crippen LogP contribution in [0.15, 0.2) is 24.3 Å². The van der Waals surface area contributed by atoms with Crippen molar-refractivity contribution in [3.8, 4) is 5.75 Å². The van der Waals surface area contributed by atoms with Gasteiger partial charge in [-0.3, -0.25) is 19.2 Å². The normalized spacial score (nSPS) is 14.3. The molecule has 0 bridgehead atoms. The molecule has 4 atom stereocenters. The summed E-state index contributed by atoms with van der Waals surface area (Å²) in [5.74, 6) is -4.84. The summed E-state index contributed by atoms with van der Waals surface area (Å²) in [6, 6.07) is 0.974. The number of phenolic OH excluding ortho intramolecular Hbond substituents is 1. The lowest BCUT2D eigenvalue weighted by atomic mass is 10.1. The number of nitrogens with two attached hydrogens (primary N) is 1. The van der Waals surface area contributed by atoms with Gasteiger partial charge >= 0.3 is 11.9 Å². The van der Waals surface area contributed by atoms with E-state index in [4.69, 9.17) is 10.8 Å². The Balaban J connectivity index is 2.80. The standard InChI is InChI=1S/C20H28N4O8S/c1-10(17(28)24-15(20(31)32)8-11-2-4-12(25)5-3-11)22-19(30)14(6-7-16(26)27)23-18(29)13(21)9-33/h2-5,10,13-15,25,33H,6-9,21H2,1H3,(H,22,30)(H,23,29)(H,24,28)(H,26,27)(H,31,32). The van der Waals surface area contributed by atoms with E-state index >= 15 is 0 Å². The smallest absolute Gasteiger partial charge is 0.326 e. The highest BCUT2D eigenvalue weighted by Crippen LogP contribution is 2.11. The molecular weight excluding hydrogens is 456 g/mol. The minimum atomic E-state index is -1.31. The number of carbonyl (C=O) groups is 5. The van der Waals surface area contributed by atoms with Crippen LogP contribution in [0.2, 0.25) is 0 Å². The predicted molar refractivity (Wildman–Crippen MR) is 120 cm³/mol. The Kier molecular flexibility index (Phi) is 11.2. The lowest BCUT2D eigenvalue weighted by Crippen LogP contribution is -2.56. The predicted octanol–water partition coefficient (Wildman–Crippen LogP) is -1.38. The second kappa shape index (κ2) is 13.3. The van der Waals surface area contributed by atoms with Crippen LogP contribution >= 0.6 is 12.6 Å². The quantitative estimate of drug-likeness (QED) is 0.155. The summed E-state index contributed by atoms with van der Waals surface area (Å²) in [6.45, 7) is 1.31. The highest BCUT2D eigenvalue weighted by atomic mass is 32.1. The summed E-state index contributed by atoms with van der Waals surface area (Å²) in [7, 11) is 0. The van der Waals surface area contributed by atoms with Gasteiger partial charge in [-0.2, -0.15) is 12.6 Å². The van der Waals surface area contributed by atoms with Crippen molar-refractivity contribution in [2.75, 3.05) is 5.75 Å². The van der Waals surface area contributed by atoms with Crippen molar-refractivity contribution in [2.45, 2.75) is 50.4 Å². The van der Waals surface area contributed by atoms with Crippen LogP contribution in [0.1, 0.15) is 25.3 Å². The molecule has 0 spiro atoms. The number of aromatic hydroxyl groups is 1. The van der Waals surface area contributed by atoms with Crippen LogP contribution in [0.4, 0.5) is 0 Å². The van der Waals surface area contributed by atoms with Crippen molar-refractivity contribution < 1.29 is 39.3 Å². The summed E-state index contributed by atoms with van der Waals surface area (Å²) in [5.41, 5.74) is 6.11. The third kappa shape index (κ3) is 9.78. The first-order chi connectivity index (χ1) is 15.4. The topological polar surface area (TPSA) is 208 Å². The van der Waals surface area contributed by atoms with Gasteiger partial charge in [-0.05, 0) is 31.0 Å². The van der Waals surface area contributed by atoms with Crippen molar-refractivity contribution in [1.82, 2.24) is 16.0 Å². The number of carboxylic acids is 2. The molecule has 0 heterocycles. The SMILES string of the molecule is CC(NC(=O)C(CCC(=O)O)NC(=O)C(N)CS)C(=O)NC(Cc1ccc(O)cc1)C(=O)O. The largest absolute Gasteiger partial charge is 0.508 e. The minimum Gasteiger partial charge on any atom is -0.508 e. The molecule has 0 radical (unpaired) electrons. The number of rotatable bonds is 13. The van der Waals surface area contributed by atoms with Crippen LogP contribution in [0.25, 0.3) is 0 Å².